The number of aromatic nitrogens is 2. The molecule has 2 N–H and O–H groups in total. The predicted octanol–water partition coefficient (Wildman–Crippen LogP) is 3.17. The van der Waals surface area contributed by atoms with Gasteiger partial charge in [-0.2, -0.15) is 0 Å². The van der Waals surface area contributed by atoms with E-state index in [1.54, 1.807) is 18.5 Å². The number of hydrogen-bond acceptors (Lipinski definition) is 4. The Balaban J connectivity index is 2.20. The van der Waals surface area contributed by atoms with E-state index in [4.69, 9.17) is 17.3 Å². The average Bonchev–Trinajstić information content (AvgIpc) is 2.27. The molecule has 0 fully saturated rings. The van der Waals surface area contributed by atoms with Gasteiger partial charge in [0.05, 0.1) is 16.9 Å². The third-order valence-corrected chi connectivity index (χ3v) is 3.14. The van der Waals surface area contributed by atoms with Gasteiger partial charge in [0.2, 0.25) is 0 Å². The molecule has 82 valence electrons. The Morgan fingerprint density at radius 1 is 1.19 bits per heavy atom. The molecular formula is C11H10ClN3S. The van der Waals surface area contributed by atoms with Gasteiger partial charge in [-0.15, -0.1) is 0 Å². The van der Waals surface area contributed by atoms with Crippen molar-refractivity contribution in [1.82, 2.24) is 9.97 Å². The van der Waals surface area contributed by atoms with Crippen LogP contribution in [0.25, 0.3) is 0 Å². The summed E-state index contributed by atoms with van der Waals surface area (Å²) in [5.74, 6) is 0. The molecule has 0 radical (unpaired) electrons. The lowest BCUT2D eigenvalue weighted by atomic mass is 10.3. The first-order valence-corrected chi connectivity index (χ1v) is 5.86. The van der Waals surface area contributed by atoms with Crippen molar-refractivity contribution in [3.8, 4) is 0 Å². The zero-order valence-corrected chi connectivity index (χ0v) is 10.2. The van der Waals surface area contributed by atoms with Gasteiger partial charge in [0.1, 0.15) is 10.1 Å². The lowest BCUT2D eigenvalue weighted by molar-refractivity contribution is 1.08. The number of nitrogens with zero attached hydrogens (tertiary/aromatic N) is 2. The number of anilines is 1. The maximum Gasteiger partial charge on any atom is 0.103 e. The topological polar surface area (TPSA) is 51.8 Å². The minimum Gasteiger partial charge on any atom is -0.397 e. The van der Waals surface area contributed by atoms with Gasteiger partial charge in [-0.05, 0) is 30.7 Å². The Morgan fingerprint density at radius 2 is 1.94 bits per heavy atom. The van der Waals surface area contributed by atoms with Gasteiger partial charge in [0.15, 0.2) is 0 Å². The summed E-state index contributed by atoms with van der Waals surface area (Å²) < 4.78 is 0. The number of aryl methyl sites for hydroxylation is 1. The van der Waals surface area contributed by atoms with E-state index in [1.165, 1.54) is 11.8 Å². The largest absolute Gasteiger partial charge is 0.397 e. The summed E-state index contributed by atoms with van der Waals surface area (Å²) in [5, 5.41) is 2.37. The van der Waals surface area contributed by atoms with E-state index < -0.39 is 0 Å². The fraction of sp³-hybridized carbons (Fsp3) is 0.0909. The van der Waals surface area contributed by atoms with Crippen molar-refractivity contribution in [3.63, 3.8) is 0 Å². The number of pyridine rings is 2. The number of halogens is 1. The molecule has 0 aliphatic carbocycles. The van der Waals surface area contributed by atoms with Gasteiger partial charge < -0.3 is 5.73 Å². The van der Waals surface area contributed by atoms with Crippen LogP contribution in [0.1, 0.15) is 5.56 Å². The monoisotopic (exact) mass is 251 g/mol. The van der Waals surface area contributed by atoms with Crippen LogP contribution in [-0.2, 0) is 0 Å². The highest BCUT2D eigenvalue weighted by molar-refractivity contribution is 7.99. The molecule has 2 aromatic rings. The van der Waals surface area contributed by atoms with Crippen molar-refractivity contribution < 1.29 is 0 Å². The quantitative estimate of drug-likeness (QED) is 0.891. The van der Waals surface area contributed by atoms with Gasteiger partial charge in [0.25, 0.3) is 0 Å². The molecule has 0 aromatic carbocycles. The molecule has 0 aliphatic rings. The third kappa shape index (κ3) is 2.65. The van der Waals surface area contributed by atoms with Crippen LogP contribution < -0.4 is 5.73 Å². The van der Waals surface area contributed by atoms with Gasteiger partial charge in [-0.1, -0.05) is 23.4 Å². The van der Waals surface area contributed by atoms with Gasteiger partial charge >= 0.3 is 0 Å². The van der Waals surface area contributed by atoms with E-state index in [-0.39, 0.29) is 0 Å². The molecule has 2 heterocycles. The molecule has 2 rings (SSSR count). The van der Waals surface area contributed by atoms with Crippen LogP contribution in [0.3, 0.4) is 0 Å². The van der Waals surface area contributed by atoms with Gasteiger partial charge in [0, 0.05) is 6.20 Å². The molecular weight excluding hydrogens is 242 g/mol. The van der Waals surface area contributed by atoms with Crippen molar-refractivity contribution in [1.29, 1.82) is 0 Å². The Morgan fingerprint density at radius 3 is 2.56 bits per heavy atom. The normalized spacial score (nSPS) is 10.4. The van der Waals surface area contributed by atoms with Crippen LogP contribution in [0.4, 0.5) is 5.69 Å². The summed E-state index contributed by atoms with van der Waals surface area (Å²) in [7, 11) is 0. The van der Waals surface area contributed by atoms with Crippen molar-refractivity contribution in [2.75, 3.05) is 5.73 Å². The van der Waals surface area contributed by atoms with E-state index in [1.807, 2.05) is 19.1 Å². The molecule has 0 bridgehead atoms. The number of hydrogen-bond donors (Lipinski definition) is 1. The van der Waals surface area contributed by atoms with E-state index in [2.05, 4.69) is 9.97 Å². The first-order valence-electron chi connectivity index (χ1n) is 4.66. The summed E-state index contributed by atoms with van der Waals surface area (Å²) in [4.78, 5) is 8.41. The van der Waals surface area contributed by atoms with E-state index >= 15 is 0 Å². The SMILES string of the molecule is Cc1cc(Sc2ccc(Cl)cn2)ncc1N. The number of rotatable bonds is 2. The second-order valence-corrected chi connectivity index (χ2v) is 4.77. The summed E-state index contributed by atoms with van der Waals surface area (Å²) in [6, 6.07) is 5.61. The minimum absolute atomic E-state index is 0.630. The van der Waals surface area contributed by atoms with Crippen LogP contribution in [0, 0.1) is 6.92 Å². The van der Waals surface area contributed by atoms with Crippen molar-refractivity contribution in [2.45, 2.75) is 17.0 Å². The van der Waals surface area contributed by atoms with Gasteiger partial charge in [-0.3, -0.25) is 0 Å². The first-order chi connectivity index (χ1) is 7.65. The highest BCUT2D eigenvalue weighted by Gasteiger charge is 2.02. The Labute approximate surface area is 103 Å². The number of nitrogens with two attached hydrogens (primary N) is 1. The molecule has 0 saturated heterocycles. The molecule has 0 amide bonds. The average molecular weight is 252 g/mol. The van der Waals surface area contributed by atoms with Crippen molar-refractivity contribution in [3.05, 3.63) is 41.2 Å². The predicted molar refractivity (Wildman–Crippen MR) is 66.8 cm³/mol. The summed E-state index contributed by atoms with van der Waals surface area (Å²) in [6.07, 6.45) is 3.28. The zero-order valence-electron chi connectivity index (χ0n) is 8.64. The molecule has 16 heavy (non-hydrogen) atoms. The van der Waals surface area contributed by atoms with Crippen LogP contribution in [0.5, 0.6) is 0 Å². The van der Waals surface area contributed by atoms with Crippen LogP contribution in [0.2, 0.25) is 5.02 Å². The van der Waals surface area contributed by atoms with Crippen molar-refractivity contribution in [2.24, 2.45) is 0 Å². The molecule has 0 spiro atoms. The van der Waals surface area contributed by atoms with Crippen LogP contribution in [0.15, 0.2) is 40.6 Å². The second-order valence-electron chi connectivity index (χ2n) is 3.30. The molecule has 0 unspecified atom stereocenters. The van der Waals surface area contributed by atoms with E-state index in [0.29, 0.717) is 10.7 Å². The van der Waals surface area contributed by atoms with Crippen LogP contribution in [-0.4, -0.2) is 9.97 Å². The van der Waals surface area contributed by atoms with Crippen molar-refractivity contribution >= 4 is 29.1 Å². The Bertz CT molecular complexity index is 499. The smallest absolute Gasteiger partial charge is 0.103 e. The standard InChI is InChI=1S/C11H10ClN3S/c1-7-4-11(15-6-9(7)13)16-10-3-2-8(12)5-14-10/h2-6H,13H2,1H3. The molecule has 0 atom stereocenters. The summed E-state index contributed by atoms with van der Waals surface area (Å²) in [6.45, 7) is 1.95. The fourth-order valence-electron chi connectivity index (χ4n) is 1.13. The van der Waals surface area contributed by atoms with E-state index in [9.17, 15) is 0 Å². The minimum atomic E-state index is 0.630. The third-order valence-electron chi connectivity index (χ3n) is 2.04. The molecule has 0 aliphatic heterocycles. The Hall–Kier alpha value is -1.26. The highest BCUT2D eigenvalue weighted by atomic mass is 35.5. The fourth-order valence-corrected chi connectivity index (χ4v) is 2.04. The number of nitrogen functional groups attached to an aromatic ring is 1. The maximum absolute atomic E-state index is 5.76. The maximum atomic E-state index is 5.76. The lowest BCUT2D eigenvalue weighted by Crippen LogP contribution is -1.92. The Kier molecular flexibility index (Phi) is 3.31. The van der Waals surface area contributed by atoms with E-state index in [0.717, 1.165) is 15.6 Å². The molecule has 2 aromatic heterocycles. The van der Waals surface area contributed by atoms with Crippen LogP contribution >= 0.6 is 23.4 Å². The molecule has 0 saturated carbocycles. The second kappa shape index (κ2) is 4.72. The first kappa shape index (κ1) is 11.2. The highest BCUT2D eigenvalue weighted by Crippen LogP contribution is 2.26. The molecule has 3 nitrogen and oxygen atoms in total. The molecule has 5 heteroatoms. The zero-order chi connectivity index (χ0) is 11.5. The van der Waals surface area contributed by atoms with Gasteiger partial charge in [-0.25, -0.2) is 9.97 Å². The lowest BCUT2D eigenvalue weighted by Gasteiger charge is -2.03. The summed E-state index contributed by atoms with van der Waals surface area (Å²) in [5.41, 5.74) is 7.42. The summed E-state index contributed by atoms with van der Waals surface area (Å²) >= 11 is 7.24.